The quantitative estimate of drug-likeness (QED) is 0.182. The van der Waals surface area contributed by atoms with Crippen LogP contribution in [-0.2, 0) is 30.3 Å². The Balaban J connectivity index is 1.61. The first-order valence-electron chi connectivity index (χ1n) is 13.4. The number of urea groups is 1. The maximum absolute atomic E-state index is 12.8. The number of aliphatic carboxylic acids is 1. The molecule has 0 aliphatic rings. The zero-order valence-corrected chi connectivity index (χ0v) is 24.1. The zero-order valence-electron chi connectivity index (χ0n) is 24.1. The molecular formula is C31H34N4O8. The van der Waals surface area contributed by atoms with Gasteiger partial charge in [0.1, 0.15) is 5.75 Å². The summed E-state index contributed by atoms with van der Waals surface area (Å²) in [5, 5.41) is 19.8. The lowest BCUT2D eigenvalue weighted by atomic mass is 10.0. The molecule has 0 fully saturated rings. The van der Waals surface area contributed by atoms with E-state index in [1.807, 2.05) is 25.1 Å². The van der Waals surface area contributed by atoms with Gasteiger partial charge in [0, 0.05) is 17.8 Å². The number of methoxy groups -OCH3 is 2. The number of para-hydroxylation sites is 1. The highest BCUT2D eigenvalue weighted by Gasteiger charge is 2.20. The Bertz CT molecular complexity index is 1470. The van der Waals surface area contributed by atoms with E-state index in [2.05, 4.69) is 21.3 Å². The third-order valence-electron chi connectivity index (χ3n) is 6.37. The molecule has 12 nitrogen and oxygen atoms in total. The Morgan fingerprint density at radius 1 is 0.814 bits per heavy atom. The molecule has 0 spiro atoms. The van der Waals surface area contributed by atoms with E-state index < -0.39 is 29.9 Å². The fourth-order valence-corrected chi connectivity index (χ4v) is 4.12. The number of nitrogens with one attached hydrogen (secondary N) is 4. The molecule has 0 radical (unpaired) electrons. The lowest BCUT2D eigenvalue weighted by molar-refractivity contribution is -0.142. The van der Waals surface area contributed by atoms with E-state index in [1.54, 1.807) is 48.5 Å². The zero-order chi connectivity index (χ0) is 31.4. The highest BCUT2D eigenvalue weighted by atomic mass is 16.5. The van der Waals surface area contributed by atoms with Gasteiger partial charge in [0.2, 0.25) is 11.8 Å². The Hall–Kier alpha value is -5.39. The molecular weight excluding hydrogens is 556 g/mol. The molecule has 0 saturated carbocycles. The minimum absolute atomic E-state index is 0.0262. The van der Waals surface area contributed by atoms with Crippen molar-refractivity contribution in [3.63, 3.8) is 0 Å². The standard InChI is InChI=1S/C31H34N4O8/c1-19-6-4-5-7-23(19)34-31(41)35-24-13-8-20(16-26(24)42-2)17-28(37)32-22-11-9-21(10-12-22)25(18-30(40)43-3)33-27(36)14-15-29(38)39/h4-13,16,25H,14-15,17-18H2,1-3H3,(H,32,37)(H,33,36)(H,38,39)(H2,34,35,41). The first-order valence-corrected chi connectivity index (χ1v) is 13.4. The number of amides is 4. The predicted octanol–water partition coefficient (Wildman–Crippen LogP) is 4.41. The average Bonchev–Trinajstić information content (AvgIpc) is 2.98. The normalized spacial score (nSPS) is 11.0. The van der Waals surface area contributed by atoms with Crippen molar-refractivity contribution in [2.75, 3.05) is 30.2 Å². The molecule has 3 aromatic carbocycles. The second-order valence-electron chi connectivity index (χ2n) is 9.57. The van der Waals surface area contributed by atoms with Crippen LogP contribution in [0.5, 0.6) is 5.75 Å². The molecule has 0 aromatic heterocycles. The highest BCUT2D eigenvalue weighted by molar-refractivity contribution is 6.01. The van der Waals surface area contributed by atoms with Gasteiger partial charge in [-0.25, -0.2) is 4.79 Å². The SMILES string of the molecule is COC(=O)CC(NC(=O)CCC(=O)O)c1ccc(NC(=O)Cc2ccc(NC(=O)Nc3ccccc3C)c(OC)c2)cc1. The molecule has 0 saturated heterocycles. The molecule has 3 aromatic rings. The molecule has 43 heavy (non-hydrogen) atoms. The average molecular weight is 591 g/mol. The van der Waals surface area contributed by atoms with Crippen LogP contribution in [0.2, 0.25) is 0 Å². The summed E-state index contributed by atoms with van der Waals surface area (Å²) in [7, 11) is 2.70. The van der Waals surface area contributed by atoms with Crippen LogP contribution in [0.25, 0.3) is 0 Å². The molecule has 3 rings (SSSR count). The number of carboxylic acid groups (broad SMARTS) is 1. The summed E-state index contributed by atoms with van der Waals surface area (Å²) in [6.07, 6.45) is -0.695. The van der Waals surface area contributed by atoms with Crippen LogP contribution in [0, 0.1) is 6.92 Å². The van der Waals surface area contributed by atoms with Crippen LogP contribution in [-0.4, -0.2) is 49.1 Å². The second-order valence-corrected chi connectivity index (χ2v) is 9.57. The van der Waals surface area contributed by atoms with E-state index in [0.29, 0.717) is 33.9 Å². The minimum atomic E-state index is -1.10. The number of carbonyl (C=O) groups excluding carboxylic acids is 4. The van der Waals surface area contributed by atoms with Gasteiger partial charge in [-0.15, -0.1) is 0 Å². The summed E-state index contributed by atoms with van der Waals surface area (Å²) < 4.78 is 10.1. The lowest BCUT2D eigenvalue weighted by Gasteiger charge is -2.18. The van der Waals surface area contributed by atoms with Gasteiger partial charge in [0.05, 0.1) is 45.2 Å². The molecule has 0 aliphatic carbocycles. The molecule has 226 valence electrons. The van der Waals surface area contributed by atoms with Crippen molar-refractivity contribution in [3.8, 4) is 5.75 Å². The number of carbonyl (C=O) groups is 5. The van der Waals surface area contributed by atoms with E-state index in [-0.39, 0.29) is 31.6 Å². The van der Waals surface area contributed by atoms with Crippen molar-refractivity contribution < 1.29 is 38.6 Å². The molecule has 1 atom stereocenters. The molecule has 1 unspecified atom stereocenters. The highest BCUT2D eigenvalue weighted by Crippen LogP contribution is 2.27. The third-order valence-corrected chi connectivity index (χ3v) is 6.37. The van der Waals surface area contributed by atoms with Crippen molar-refractivity contribution in [2.24, 2.45) is 0 Å². The van der Waals surface area contributed by atoms with Crippen LogP contribution in [0.15, 0.2) is 66.7 Å². The van der Waals surface area contributed by atoms with Gasteiger partial charge in [-0.1, -0.05) is 36.4 Å². The number of esters is 1. The number of carboxylic acids is 1. The smallest absolute Gasteiger partial charge is 0.323 e. The van der Waals surface area contributed by atoms with Crippen molar-refractivity contribution in [1.29, 1.82) is 0 Å². The van der Waals surface area contributed by atoms with Gasteiger partial charge in [-0.3, -0.25) is 19.2 Å². The van der Waals surface area contributed by atoms with Gasteiger partial charge >= 0.3 is 18.0 Å². The molecule has 0 aliphatic heterocycles. The fourth-order valence-electron chi connectivity index (χ4n) is 4.12. The van der Waals surface area contributed by atoms with Crippen molar-refractivity contribution in [2.45, 2.75) is 38.6 Å². The monoisotopic (exact) mass is 590 g/mol. The van der Waals surface area contributed by atoms with E-state index in [1.165, 1.54) is 14.2 Å². The molecule has 5 N–H and O–H groups in total. The number of rotatable bonds is 13. The van der Waals surface area contributed by atoms with Crippen LogP contribution in [0.3, 0.4) is 0 Å². The number of aryl methyl sites for hydroxylation is 1. The largest absolute Gasteiger partial charge is 0.495 e. The minimum Gasteiger partial charge on any atom is -0.495 e. The summed E-state index contributed by atoms with van der Waals surface area (Å²) in [5.41, 5.74) is 3.75. The Morgan fingerprint density at radius 3 is 2.16 bits per heavy atom. The topological polar surface area (TPSA) is 172 Å². The Labute approximate surface area is 248 Å². The van der Waals surface area contributed by atoms with Gasteiger partial charge in [0.25, 0.3) is 0 Å². The Morgan fingerprint density at radius 2 is 1.51 bits per heavy atom. The van der Waals surface area contributed by atoms with Gasteiger partial charge in [0.15, 0.2) is 0 Å². The lowest BCUT2D eigenvalue weighted by Crippen LogP contribution is -2.30. The van der Waals surface area contributed by atoms with Crippen molar-refractivity contribution in [3.05, 3.63) is 83.4 Å². The van der Waals surface area contributed by atoms with Crippen LogP contribution < -0.4 is 26.0 Å². The number of ether oxygens (including phenoxy) is 2. The van der Waals surface area contributed by atoms with E-state index in [9.17, 15) is 24.0 Å². The number of hydrogen-bond donors (Lipinski definition) is 5. The van der Waals surface area contributed by atoms with E-state index >= 15 is 0 Å². The van der Waals surface area contributed by atoms with E-state index in [0.717, 1.165) is 5.56 Å². The maximum atomic E-state index is 12.8. The second kappa shape index (κ2) is 15.6. The molecule has 12 heteroatoms. The van der Waals surface area contributed by atoms with Crippen molar-refractivity contribution in [1.82, 2.24) is 5.32 Å². The molecule has 4 amide bonds. The van der Waals surface area contributed by atoms with Gasteiger partial charge in [-0.05, 0) is 53.9 Å². The maximum Gasteiger partial charge on any atom is 0.323 e. The Kier molecular flexibility index (Phi) is 11.6. The summed E-state index contributed by atoms with van der Waals surface area (Å²) in [6.45, 7) is 1.89. The van der Waals surface area contributed by atoms with E-state index in [4.69, 9.17) is 14.6 Å². The fraction of sp³-hybridized carbons (Fsp3) is 0.258. The van der Waals surface area contributed by atoms with Crippen LogP contribution >= 0.6 is 0 Å². The number of benzene rings is 3. The first-order chi connectivity index (χ1) is 20.6. The number of anilines is 3. The molecule has 0 bridgehead atoms. The van der Waals surface area contributed by atoms with Crippen molar-refractivity contribution >= 4 is 46.8 Å². The summed E-state index contributed by atoms with van der Waals surface area (Å²) >= 11 is 0. The number of hydrogen-bond acceptors (Lipinski definition) is 7. The van der Waals surface area contributed by atoms with Crippen LogP contribution in [0.4, 0.5) is 21.9 Å². The van der Waals surface area contributed by atoms with Gasteiger partial charge < -0.3 is 35.8 Å². The van der Waals surface area contributed by atoms with Gasteiger partial charge in [-0.2, -0.15) is 0 Å². The molecule has 0 heterocycles. The van der Waals surface area contributed by atoms with Crippen LogP contribution in [0.1, 0.15) is 42.0 Å². The summed E-state index contributed by atoms with van der Waals surface area (Å²) in [6, 6.07) is 17.8. The summed E-state index contributed by atoms with van der Waals surface area (Å²) in [5.74, 6) is -2.09. The summed E-state index contributed by atoms with van der Waals surface area (Å²) in [4.78, 5) is 60.1. The first kappa shape index (κ1) is 32.1. The third kappa shape index (κ3) is 10.2. The predicted molar refractivity (Wildman–Crippen MR) is 160 cm³/mol.